The van der Waals surface area contributed by atoms with Crippen LogP contribution in [-0.4, -0.2) is 82.9 Å². The summed E-state index contributed by atoms with van der Waals surface area (Å²) in [6.07, 6.45) is -3.49. The average Bonchev–Trinajstić information content (AvgIpc) is 1.84. The summed E-state index contributed by atoms with van der Waals surface area (Å²) >= 11 is 0. The third-order valence-electron chi connectivity index (χ3n) is 0.805. The molecule has 0 saturated carbocycles. The van der Waals surface area contributed by atoms with E-state index in [4.69, 9.17) is 20.4 Å². The van der Waals surface area contributed by atoms with Crippen LogP contribution in [0, 0.1) is 0 Å². The minimum Gasteiger partial charge on any atom is -0.479 e. The molecule has 0 saturated heterocycles. The van der Waals surface area contributed by atoms with Gasteiger partial charge in [-0.1, -0.05) is 0 Å². The van der Waals surface area contributed by atoms with Crippen molar-refractivity contribution in [2.75, 3.05) is 6.61 Å². The monoisotopic (exact) mass is 176 g/mol. The van der Waals surface area contributed by atoms with Crippen LogP contribution in [0.1, 0.15) is 0 Å². The fourth-order valence-corrected chi connectivity index (χ4v) is 0.264. The molecule has 56 valence electrons. The van der Waals surface area contributed by atoms with Crippen molar-refractivity contribution in [3.63, 3.8) is 0 Å². The molecular formula is C4H8CaO5. The summed E-state index contributed by atoms with van der Waals surface area (Å²) in [6.45, 7) is -0.756. The third kappa shape index (κ3) is 4.43. The van der Waals surface area contributed by atoms with E-state index in [1.807, 2.05) is 0 Å². The molecule has 0 unspecified atom stereocenters. The maximum Gasteiger partial charge on any atom is 0.335 e. The second-order valence-corrected chi connectivity index (χ2v) is 1.53. The van der Waals surface area contributed by atoms with Crippen molar-refractivity contribution in [3.8, 4) is 0 Å². The quantitative estimate of drug-likeness (QED) is 0.354. The molecule has 0 amide bonds. The molecule has 2 radical (unpaired) electrons. The Kier molecular flexibility index (Phi) is 8.36. The molecule has 5 nitrogen and oxygen atoms in total. The number of rotatable bonds is 3. The Morgan fingerprint density at radius 1 is 1.40 bits per heavy atom. The van der Waals surface area contributed by atoms with Gasteiger partial charge in [-0.3, -0.25) is 0 Å². The van der Waals surface area contributed by atoms with Crippen LogP contribution in [0.2, 0.25) is 0 Å². The Labute approximate surface area is 87.3 Å². The molecule has 6 heteroatoms. The Morgan fingerprint density at radius 2 is 1.80 bits per heavy atom. The molecule has 10 heavy (non-hydrogen) atoms. The molecule has 0 aliphatic heterocycles. The predicted molar refractivity (Wildman–Crippen MR) is 32.5 cm³/mol. The van der Waals surface area contributed by atoms with E-state index < -0.39 is 24.8 Å². The van der Waals surface area contributed by atoms with Gasteiger partial charge in [0.25, 0.3) is 0 Å². The Morgan fingerprint density at radius 3 is 1.90 bits per heavy atom. The maximum atomic E-state index is 9.78. The van der Waals surface area contributed by atoms with E-state index in [0.29, 0.717) is 0 Å². The van der Waals surface area contributed by atoms with Crippen molar-refractivity contribution in [1.82, 2.24) is 0 Å². The van der Waals surface area contributed by atoms with Crippen LogP contribution in [0.4, 0.5) is 0 Å². The molecule has 0 fully saturated rings. The molecule has 4 N–H and O–H groups in total. The summed E-state index contributed by atoms with van der Waals surface area (Å²) in [4.78, 5) is 9.78. The van der Waals surface area contributed by atoms with E-state index >= 15 is 0 Å². The van der Waals surface area contributed by atoms with Crippen LogP contribution < -0.4 is 0 Å². The molecule has 0 heterocycles. The van der Waals surface area contributed by atoms with Gasteiger partial charge in [-0.15, -0.1) is 0 Å². The predicted octanol–water partition coefficient (Wildman–Crippen LogP) is -2.60. The first-order chi connectivity index (χ1) is 4.09. The first-order valence-electron chi connectivity index (χ1n) is 2.29. The zero-order valence-electron chi connectivity index (χ0n) is 5.27. The van der Waals surface area contributed by atoms with Gasteiger partial charge < -0.3 is 20.4 Å². The van der Waals surface area contributed by atoms with Crippen LogP contribution in [0.15, 0.2) is 0 Å². The van der Waals surface area contributed by atoms with Gasteiger partial charge in [-0.05, 0) is 0 Å². The Bertz CT molecular complexity index is 106. The second-order valence-electron chi connectivity index (χ2n) is 1.53. The van der Waals surface area contributed by atoms with Crippen LogP contribution in [0.25, 0.3) is 0 Å². The van der Waals surface area contributed by atoms with E-state index in [9.17, 15) is 4.79 Å². The van der Waals surface area contributed by atoms with Crippen molar-refractivity contribution >= 4 is 43.7 Å². The number of aliphatic hydroxyl groups is 3. The van der Waals surface area contributed by atoms with Crippen molar-refractivity contribution in [1.29, 1.82) is 0 Å². The normalized spacial score (nSPS) is 15.1. The first-order valence-corrected chi connectivity index (χ1v) is 2.29. The van der Waals surface area contributed by atoms with Crippen LogP contribution in [-0.2, 0) is 4.79 Å². The second kappa shape index (κ2) is 6.33. The summed E-state index contributed by atoms with van der Waals surface area (Å²) < 4.78 is 0. The minimum absolute atomic E-state index is 0. The number of aliphatic hydroxyl groups excluding tert-OH is 3. The van der Waals surface area contributed by atoms with E-state index in [1.54, 1.807) is 0 Å². The van der Waals surface area contributed by atoms with E-state index in [1.165, 1.54) is 0 Å². The topological polar surface area (TPSA) is 98.0 Å². The molecule has 2 atom stereocenters. The third-order valence-corrected chi connectivity index (χ3v) is 0.805. The van der Waals surface area contributed by atoms with Crippen LogP contribution >= 0.6 is 0 Å². The molecular weight excluding hydrogens is 168 g/mol. The SMILES string of the molecule is O=C(O)[C@@H](O)[C@H](O)CO.[Ca]. The summed E-state index contributed by atoms with van der Waals surface area (Å²) in [5.41, 5.74) is 0. The Hall–Kier alpha value is 0.610. The minimum atomic E-state index is -1.89. The van der Waals surface area contributed by atoms with Gasteiger partial charge in [0, 0.05) is 37.7 Å². The molecule has 0 aromatic carbocycles. The van der Waals surface area contributed by atoms with E-state index in [-0.39, 0.29) is 37.7 Å². The maximum absolute atomic E-state index is 9.78. The molecule has 0 spiro atoms. The number of hydrogen-bond acceptors (Lipinski definition) is 4. The van der Waals surface area contributed by atoms with Crippen molar-refractivity contribution in [2.24, 2.45) is 0 Å². The van der Waals surface area contributed by atoms with Gasteiger partial charge in [0.2, 0.25) is 0 Å². The molecule has 0 rings (SSSR count). The van der Waals surface area contributed by atoms with Gasteiger partial charge in [0.15, 0.2) is 6.10 Å². The van der Waals surface area contributed by atoms with E-state index in [0.717, 1.165) is 0 Å². The largest absolute Gasteiger partial charge is 0.479 e. The van der Waals surface area contributed by atoms with Crippen molar-refractivity contribution in [2.45, 2.75) is 12.2 Å². The number of carboxylic acid groups (broad SMARTS) is 1. The van der Waals surface area contributed by atoms with Crippen LogP contribution in [0.5, 0.6) is 0 Å². The summed E-state index contributed by atoms with van der Waals surface area (Å²) in [6, 6.07) is 0. The zero-order valence-corrected chi connectivity index (χ0v) is 7.47. The summed E-state index contributed by atoms with van der Waals surface area (Å²) in [5.74, 6) is -1.54. The summed E-state index contributed by atoms with van der Waals surface area (Å²) in [5, 5.41) is 32.8. The van der Waals surface area contributed by atoms with Gasteiger partial charge in [-0.25, -0.2) is 4.79 Å². The van der Waals surface area contributed by atoms with Gasteiger partial charge in [-0.2, -0.15) is 0 Å². The number of hydrogen-bond donors (Lipinski definition) is 4. The molecule has 0 aromatic rings. The smallest absolute Gasteiger partial charge is 0.335 e. The van der Waals surface area contributed by atoms with Gasteiger partial charge in [0.1, 0.15) is 6.10 Å². The summed E-state index contributed by atoms with van der Waals surface area (Å²) in [7, 11) is 0. The van der Waals surface area contributed by atoms with Crippen LogP contribution in [0.3, 0.4) is 0 Å². The molecule has 0 aliphatic rings. The molecule has 0 bridgehead atoms. The van der Waals surface area contributed by atoms with E-state index in [2.05, 4.69) is 0 Å². The first kappa shape index (κ1) is 13.2. The van der Waals surface area contributed by atoms with Gasteiger partial charge >= 0.3 is 5.97 Å². The van der Waals surface area contributed by atoms with Gasteiger partial charge in [0.05, 0.1) is 6.61 Å². The number of carboxylic acids is 1. The number of carbonyl (C=O) groups is 1. The fourth-order valence-electron chi connectivity index (χ4n) is 0.264. The Balaban J connectivity index is 0. The standard InChI is InChI=1S/C4H8O5.Ca/c5-1-2(6)3(7)4(8)9;/h2-3,5-7H,1H2,(H,8,9);/t2-,3+;/m1./s1. The van der Waals surface area contributed by atoms with Crippen molar-refractivity contribution < 1.29 is 25.2 Å². The average molecular weight is 176 g/mol. The molecule has 0 aromatic heterocycles. The number of aliphatic carboxylic acids is 1. The van der Waals surface area contributed by atoms with Crippen molar-refractivity contribution in [3.05, 3.63) is 0 Å². The molecule has 0 aliphatic carbocycles. The zero-order chi connectivity index (χ0) is 7.44. The fraction of sp³-hybridized carbons (Fsp3) is 0.750.